The van der Waals surface area contributed by atoms with Crippen LogP contribution in [0.25, 0.3) is 22.1 Å². The molecular formula is C25H22N8O. The van der Waals surface area contributed by atoms with Crippen LogP contribution in [-0.2, 0) is 0 Å². The second-order valence-corrected chi connectivity index (χ2v) is 8.17. The second kappa shape index (κ2) is 8.53. The number of rotatable bonds is 5. The van der Waals surface area contributed by atoms with Gasteiger partial charge in [-0.25, -0.2) is 15.0 Å². The van der Waals surface area contributed by atoms with Crippen molar-refractivity contribution in [3.8, 4) is 11.6 Å². The van der Waals surface area contributed by atoms with Crippen molar-refractivity contribution in [3.05, 3.63) is 78.6 Å². The quantitative estimate of drug-likeness (QED) is 0.409. The Morgan fingerprint density at radius 3 is 2.88 bits per heavy atom. The highest BCUT2D eigenvalue weighted by atomic mass is 16.5. The summed E-state index contributed by atoms with van der Waals surface area (Å²) in [7, 11) is 0. The Morgan fingerprint density at radius 2 is 2.00 bits per heavy atom. The van der Waals surface area contributed by atoms with Gasteiger partial charge in [0.1, 0.15) is 30.5 Å². The number of hydrogen-bond acceptors (Lipinski definition) is 8. The third-order valence-electron chi connectivity index (χ3n) is 5.88. The molecule has 2 N–H and O–H groups in total. The minimum atomic E-state index is 0.464. The molecule has 0 bridgehead atoms. The van der Waals surface area contributed by atoms with Crippen LogP contribution in [0.5, 0.6) is 11.6 Å². The minimum absolute atomic E-state index is 0.464. The Labute approximate surface area is 195 Å². The van der Waals surface area contributed by atoms with E-state index < -0.39 is 0 Å². The Morgan fingerprint density at radius 1 is 1.03 bits per heavy atom. The van der Waals surface area contributed by atoms with Crippen LogP contribution in [0.2, 0.25) is 0 Å². The molecule has 1 aliphatic rings. The SMILES string of the molecule is Cc1cc(Nc2ncnc3ccc(C4=CCNCC4)cc23)ccc1Oc1cc2nncn2cn1. The average molecular weight is 451 g/mol. The monoisotopic (exact) mass is 450 g/mol. The van der Waals surface area contributed by atoms with Crippen molar-refractivity contribution >= 4 is 33.6 Å². The molecule has 3 aromatic heterocycles. The van der Waals surface area contributed by atoms with Crippen LogP contribution in [0.1, 0.15) is 17.5 Å². The third kappa shape index (κ3) is 3.93. The summed E-state index contributed by atoms with van der Waals surface area (Å²) in [5, 5.41) is 15.7. The number of benzene rings is 2. The van der Waals surface area contributed by atoms with Crippen molar-refractivity contribution < 1.29 is 4.74 Å². The van der Waals surface area contributed by atoms with Gasteiger partial charge in [0.25, 0.3) is 0 Å². The molecule has 0 saturated heterocycles. The topological polar surface area (TPSA) is 102 Å². The molecule has 5 aromatic rings. The van der Waals surface area contributed by atoms with Crippen LogP contribution < -0.4 is 15.4 Å². The fourth-order valence-corrected chi connectivity index (χ4v) is 4.10. The van der Waals surface area contributed by atoms with Gasteiger partial charge in [0.05, 0.1) is 5.52 Å². The van der Waals surface area contributed by atoms with Gasteiger partial charge in [0, 0.05) is 23.7 Å². The Bertz CT molecular complexity index is 1540. The molecule has 0 saturated carbocycles. The molecule has 9 heteroatoms. The van der Waals surface area contributed by atoms with Gasteiger partial charge in [-0.3, -0.25) is 4.40 Å². The molecule has 0 fully saturated rings. The van der Waals surface area contributed by atoms with E-state index in [9.17, 15) is 0 Å². The molecule has 168 valence electrons. The van der Waals surface area contributed by atoms with Gasteiger partial charge < -0.3 is 15.4 Å². The highest BCUT2D eigenvalue weighted by Gasteiger charge is 2.11. The molecule has 0 unspecified atom stereocenters. The van der Waals surface area contributed by atoms with E-state index in [4.69, 9.17) is 4.74 Å². The maximum atomic E-state index is 5.99. The van der Waals surface area contributed by atoms with E-state index >= 15 is 0 Å². The van der Waals surface area contributed by atoms with Gasteiger partial charge in [-0.2, -0.15) is 0 Å². The summed E-state index contributed by atoms with van der Waals surface area (Å²) in [5.74, 6) is 1.95. The molecule has 4 heterocycles. The van der Waals surface area contributed by atoms with Gasteiger partial charge in [-0.15, -0.1) is 10.2 Å². The molecule has 6 rings (SSSR count). The highest BCUT2D eigenvalue weighted by Crippen LogP contribution is 2.31. The average Bonchev–Trinajstić information content (AvgIpc) is 3.34. The van der Waals surface area contributed by atoms with Crippen LogP contribution in [0.3, 0.4) is 0 Å². The summed E-state index contributed by atoms with van der Waals surface area (Å²) >= 11 is 0. The molecule has 9 nitrogen and oxygen atoms in total. The standard InChI is InChI=1S/C25H22N8O/c1-16-10-19(3-5-22(16)34-24-12-23-32-30-15-33(23)14-29-24)31-25-20-11-18(17-6-8-26-9-7-17)2-4-21(20)27-13-28-25/h2-6,10-15,26H,7-9H2,1H3,(H,27,28,31). The van der Waals surface area contributed by atoms with E-state index in [0.717, 1.165) is 53.2 Å². The first kappa shape index (κ1) is 20.3. The van der Waals surface area contributed by atoms with Crippen LogP contribution in [0, 0.1) is 6.92 Å². The van der Waals surface area contributed by atoms with Crippen LogP contribution >= 0.6 is 0 Å². The molecule has 2 aromatic carbocycles. The maximum Gasteiger partial charge on any atom is 0.224 e. The number of aromatic nitrogens is 6. The lowest BCUT2D eigenvalue weighted by molar-refractivity contribution is 0.458. The third-order valence-corrected chi connectivity index (χ3v) is 5.88. The van der Waals surface area contributed by atoms with Crippen LogP contribution in [0.4, 0.5) is 11.5 Å². The highest BCUT2D eigenvalue weighted by molar-refractivity contribution is 5.93. The Balaban J connectivity index is 1.27. The normalized spacial score (nSPS) is 13.7. The molecule has 0 spiro atoms. The van der Waals surface area contributed by atoms with E-state index in [-0.39, 0.29) is 0 Å². The Hall–Kier alpha value is -4.37. The van der Waals surface area contributed by atoms with E-state index in [1.165, 1.54) is 11.1 Å². The van der Waals surface area contributed by atoms with E-state index in [1.54, 1.807) is 29.4 Å². The van der Waals surface area contributed by atoms with E-state index in [1.807, 2.05) is 25.1 Å². The van der Waals surface area contributed by atoms with Crippen molar-refractivity contribution in [3.63, 3.8) is 0 Å². The molecule has 0 radical (unpaired) electrons. The lowest BCUT2D eigenvalue weighted by Gasteiger charge is -2.16. The summed E-state index contributed by atoms with van der Waals surface area (Å²) in [6.07, 6.45) is 8.08. The largest absolute Gasteiger partial charge is 0.439 e. The lowest BCUT2D eigenvalue weighted by atomic mass is 9.99. The zero-order valence-corrected chi connectivity index (χ0v) is 18.6. The minimum Gasteiger partial charge on any atom is -0.439 e. The fourth-order valence-electron chi connectivity index (χ4n) is 4.10. The number of anilines is 2. The van der Waals surface area contributed by atoms with Gasteiger partial charge in [-0.1, -0.05) is 12.1 Å². The van der Waals surface area contributed by atoms with Crippen molar-refractivity contribution in [2.75, 3.05) is 18.4 Å². The zero-order chi connectivity index (χ0) is 22.9. The summed E-state index contributed by atoms with van der Waals surface area (Å²) in [6, 6.07) is 14.0. The van der Waals surface area contributed by atoms with Gasteiger partial charge in [-0.05, 0) is 66.9 Å². The summed E-state index contributed by atoms with van der Waals surface area (Å²) < 4.78 is 7.72. The molecule has 0 atom stereocenters. The molecule has 1 aliphatic heterocycles. The first-order valence-corrected chi connectivity index (χ1v) is 11.1. The Kier molecular flexibility index (Phi) is 5.08. The van der Waals surface area contributed by atoms with Crippen molar-refractivity contribution in [2.45, 2.75) is 13.3 Å². The predicted octanol–water partition coefficient (Wildman–Crippen LogP) is 4.29. The summed E-state index contributed by atoms with van der Waals surface area (Å²) in [5.41, 5.74) is 6.03. The van der Waals surface area contributed by atoms with Gasteiger partial charge >= 0.3 is 0 Å². The number of fused-ring (bicyclic) bond motifs is 2. The van der Waals surface area contributed by atoms with Gasteiger partial charge in [0.15, 0.2) is 5.65 Å². The molecular weight excluding hydrogens is 428 g/mol. The smallest absolute Gasteiger partial charge is 0.224 e. The molecule has 0 aliphatic carbocycles. The second-order valence-electron chi connectivity index (χ2n) is 8.17. The first-order chi connectivity index (χ1) is 16.7. The van der Waals surface area contributed by atoms with Crippen molar-refractivity contribution in [2.24, 2.45) is 0 Å². The van der Waals surface area contributed by atoms with E-state index in [2.05, 4.69) is 60.1 Å². The number of aryl methyl sites for hydroxylation is 1. The maximum absolute atomic E-state index is 5.99. The number of hydrogen-bond donors (Lipinski definition) is 2. The zero-order valence-electron chi connectivity index (χ0n) is 18.6. The van der Waals surface area contributed by atoms with Crippen molar-refractivity contribution in [1.82, 2.24) is 34.9 Å². The number of ether oxygens (including phenoxy) is 1. The van der Waals surface area contributed by atoms with Crippen LogP contribution in [0.15, 0.2) is 67.5 Å². The predicted molar refractivity (Wildman–Crippen MR) is 130 cm³/mol. The fraction of sp³-hybridized carbons (Fsp3) is 0.160. The molecule has 0 amide bonds. The first-order valence-electron chi connectivity index (χ1n) is 11.1. The van der Waals surface area contributed by atoms with E-state index in [0.29, 0.717) is 11.5 Å². The van der Waals surface area contributed by atoms with Crippen molar-refractivity contribution in [1.29, 1.82) is 0 Å². The van der Waals surface area contributed by atoms with Crippen LogP contribution in [-0.4, -0.2) is 42.6 Å². The van der Waals surface area contributed by atoms with Gasteiger partial charge in [0.2, 0.25) is 5.88 Å². The number of nitrogens with zero attached hydrogens (tertiary/aromatic N) is 6. The summed E-state index contributed by atoms with van der Waals surface area (Å²) in [6.45, 7) is 3.89. The lowest BCUT2D eigenvalue weighted by Crippen LogP contribution is -2.20. The molecule has 34 heavy (non-hydrogen) atoms. The number of nitrogens with one attached hydrogen (secondary N) is 2. The summed E-state index contributed by atoms with van der Waals surface area (Å²) in [4.78, 5) is 13.3.